The van der Waals surface area contributed by atoms with E-state index in [0.717, 1.165) is 50.5 Å². The van der Waals surface area contributed by atoms with Gasteiger partial charge in [0.15, 0.2) is 11.9 Å². The van der Waals surface area contributed by atoms with Crippen LogP contribution in [0.3, 0.4) is 0 Å². The van der Waals surface area contributed by atoms with E-state index in [0.29, 0.717) is 5.75 Å². The Morgan fingerprint density at radius 1 is 0.556 bits per heavy atom. The molecule has 0 spiro atoms. The zero-order valence-electron chi connectivity index (χ0n) is 39.9. The third-order valence-corrected chi connectivity index (χ3v) is 12.2. The molecule has 1 N–H and O–H groups in total. The fourth-order valence-electron chi connectivity index (χ4n) is 8.38. The van der Waals surface area contributed by atoms with E-state index in [1.807, 2.05) is 12.1 Å². The number of hydrogen-bond acceptors (Lipinski definition) is 1. The summed E-state index contributed by atoms with van der Waals surface area (Å²) in [4.78, 5) is 0. The van der Waals surface area contributed by atoms with Gasteiger partial charge in [-0.1, -0.05) is 198 Å². The predicted octanol–water partition coefficient (Wildman–Crippen LogP) is 14.4. The van der Waals surface area contributed by atoms with E-state index < -0.39 is 0 Å². The number of aromatic nitrogens is 2. The van der Waals surface area contributed by atoms with Gasteiger partial charge in [0.1, 0.15) is 7.05 Å². The van der Waals surface area contributed by atoms with Crippen molar-refractivity contribution in [1.82, 2.24) is 0 Å². The Balaban J connectivity index is 0.00000661. The van der Waals surface area contributed by atoms with E-state index in [1.165, 1.54) is 38.9 Å². The molecule has 0 unspecified atom stereocenters. The van der Waals surface area contributed by atoms with Crippen LogP contribution in [-0.2, 0) is 44.4 Å². The smallest absolute Gasteiger partial charge is 0.163 e. The second kappa shape index (κ2) is 18.2. The van der Waals surface area contributed by atoms with Crippen LogP contribution < -0.4 is 9.13 Å². The molecule has 2 heterocycles. The average Bonchev–Trinajstić information content (AvgIpc) is 3.22. The van der Waals surface area contributed by atoms with Gasteiger partial charge < -0.3 is 9.67 Å². The standard InChI is InChI=1S/C59H64N2O.Pt/c1-38(2)49-30-43(41-24-19-16-20-25-41)31-50(39(3)4)55(49)54-33-44(51-35-47(58(8,9)10)36-52(56(51)62)59(11,12)13)32-53(60(54)14)45-28-46(57(5,6)7)34-48(29-45)61-27-21-26-42(37-61)40-22-17-15-18-23-40;/h15-26,28,30-31,33-39H,1-14H3;/q-2;/p+1. The molecule has 0 radical (unpaired) electrons. The quantitative estimate of drug-likeness (QED) is 0.119. The minimum Gasteiger partial charge on any atom is -0.517 e. The van der Waals surface area contributed by atoms with Crippen molar-refractivity contribution in [3.63, 3.8) is 0 Å². The summed E-state index contributed by atoms with van der Waals surface area (Å²) >= 11 is 0. The van der Waals surface area contributed by atoms with Crippen molar-refractivity contribution in [3.05, 3.63) is 168 Å². The molecule has 2 aromatic heterocycles. The van der Waals surface area contributed by atoms with E-state index in [-0.39, 0.29) is 49.1 Å². The number of pyridine rings is 2. The van der Waals surface area contributed by atoms with E-state index >= 15 is 0 Å². The summed E-state index contributed by atoms with van der Waals surface area (Å²) in [5, 5.41) is 12.4. The topological polar surface area (TPSA) is 28.0 Å². The average molecular weight is 1010 g/mol. The zero-order chi connectivity index (χ0) is 44.9. The van der Waals surface area contributed by atoms with E-state index in [2.05, 4.69) is 234 Å². The van der Waals surface area contributed by atoms with Gasteiger partial charge in [-0.2, -0.15) is 17.7 Å². The summed E-state index contributed by atoms with van der Waals surface area (Å²) < 4.78 is 4.38. The van der Waals surface area contributed by atoms with E-state index in [9.17, 15) is 5.11 Å². The Hall–Kier alpha value is -5.11. The molecule has 328 valence electrons. The molecule has 7 aromatic rings. The van der Waals surface area contributed by atoms with Crippen molar-refractivity contribution >= 4 is 0 Å². The normalized spacial score (nSPS) is 12.2. The van der Waals surface area contributed by atoms with Crippen LogP contribution >= 0.6 is 0 Å². The van der Waals surface area contributed by atoms with Crippen molar-refractivity contribution in [2.45, 2.75) is 118 Å². The number of hydrogen-bond donors (Lipinski definition) is 1. The van der Waals surface area contributed by atoms with Crippen LogP contribution in [0.5, 0.6) is 5.75 Å². The van der Waals surface area contributed by atoms with Gasteiger partial charge in [0, 0.05) is 38.0 Å². The van der Waals surface area contributed by atoms with Crippen molar-refractivity contribution in [1.29, 1.82) is 0 Å². The van der Waals surface area contributed by atoms with Crippen molar-refractivity contribution in [2.24, 2.45) is 7.05 Å². The summed E-state index contributed by atoms with van der Waals surface area (Å²) in [6.07, 6.45) is 5.63. The Morgan fingerprint density at radius 3 is 1.62 bits per heavy atom. The predicted molar refractivity (Wildman–Crippen MR) is 259 cm³/mol. The number of rotatable bonds is 8. The molecule has 63 heavy (non-hydrogen) atoms. The van der Waals surface area contributed by atoms with Crippen molar-refractivity contribution in [2.75, 3.05) is 0 Å². The van der Waals surface area contributed by atoms with Crippen LogP contribution in [-0.4, -0.2) is 5.11 Å². The molecular formula is C59H65N2OPt-. The van der Waals surface area contributed by atoms with Gasteiger partial charge in [0.2, 0.25) is 0 Å². The number of benzene rings is 5. The summed E-state index contributed by atoms with van der Waals surface area (Å²) in [5.41, 5.74) is 16.6. The van der Waals surface area contributed by atoms with Gasteiger partial charge >= 0.3 is 0 Å². The minimum absolute atomic E-state index is 0. The molecule has 0 aliphatic heterocycles. The Bertz CT molecular complexity index is 2710. The second-order valence-corrected chi connectivity index (χ2v) is 20.8. The molecule has 7 rings (SSSR count). The van der Waals surface area contributed by atoms with E-state index in [1.54, 1.807) is 0 Å². The number of phenolic OH excluding ortho intramolecular Hbond substituents is 1. The first kappa shape index (κ1) is 47.4. The first-order valence-electron chi connectivity index (χ1n) is 22.3. The molecule has 0 bridgehead atoms. The van der Waals surface area contributed by atoms with Crippen molar-refractivity contribution < 1.29 is 35.3 Å². The number of aromatic hydroxyl groups is 1. The fourth-order valence-corrected chi connectivity index (χ4v) is 8.38. The first-order chi connectivity index (χ1) is 29.1. The maximum Gasteiger partial charge on any atom is 0.163 e. The molecule has 3 nitrogen and oxygen atoms in total. The molecule has 5 aromatic carbocycles. The van der Waals surface area contributed by atoms with Crippen LogP contribution in [0.25, 0.3) is 61.6 Å². The van der Waals surface area contributed by atoms with Gasteiger partial charge in [-0.25, -0.2) is 0 Å². The molecule has 0 atom stereocenters. The van der Waals surface area contributed by atoms with Crippen LogP contribution in [0.15, 0.2) is 121 Å². The maximum atomic E-state index is 12.4. The fraction of sp³-hybridized carbons (Fsp3) is 0.322. The zero-order valence-corrected chi connectivity index (χ0v) is 42.1. The summed E-state index contributed by atoms with van der Waals surface area (Å²) in [6, 6.07) is 49.1. The summed E-state index contributed by atoms with van der Waals surface area (Å²) in [6.45, 7) is 29.3. The Kier molecular flexibility index (Phi) is 13.7. The van der Waals surface area contributed by atoms with Crippen LogP contribution in [0, 0.1) is 18.3 Å². The van der Waals surface area contributed by atoms with Gasteiger partial charge in [-0.15, -0.1) is 29.3 Å². The second-order valence-electron chi connectivity index (χ2n) is 20.8. The van der Waals surface area contributed by atoms with Crippen molar-refractivity contribution in [3.8, 4) is 67.3 Å². The SMILES string of the molecule is CC(C)c1cc(-c2ccccc2)cc(C(C)C)c1-c1cc(-c2cc(C(C)(C)C)cc(C(C)(C)C)c2O)[c-]c(-c2[c-]c(-[n+]3[c-]ccc(-c4ccccc4)c3)cc(C(C)(C)C)c2)[n+]1C.[Pt]. The minimum atomic E-state index is -0.292. The third-order valence-electron chi connectivity index (χ3n) is 12.2. The molecule has 4 heteroatoms. The Morgan fingerprint density at radius 2 is 1.10 bits per heavy atom. The molecule has 0 saturated carbocycles. The number of phenols is 1. The largest absolute Gasteiger partial charge is 0.517 e. The van der Waals surface area contributed by atoms with Gasteiger partial charge in [-0.3, -0.25) is 4.57 Å². The van der Waals surface area contributed by atoms with E-state index in [4.69, 9.17) is 0 Å². The summed E-state index contributed by atoms with van der Waals surface area (Å²) in [5.74, 6) is 0.772. The maximum absolute atomic E-state index is 12.4. The molecule has 0 saturated heterocycles. The first-order valence-corrected chi connectivity index (χ1v) is 22.3. The molecule has 0 fully saturated rings. The van der Waals surface area contributed by atoms with Gasteiger partial charge in [-0.05, 0) is 67.0 Å². The van der Waals surface area contributed by atoms with Crippen LogP contribution in [0.1, 0.15) is 130 Å². The molecule has 0 aliphatic carbocycles. The third kappa shape index (κ3) is 10.0. The number of nitrogens with zero attached hydrogens (tertiary/aromatic N) is 2. The van der Waals surface area contributed by atoms with Crippen LogP contribution in [0.2, 0.25) is 0 Å². The monoisotopic (exact) mass is 1010 g/mol. The molecular weight excluding hydrogens is 948 g/mol. The molecule has 0 amide bonds. The van der Waals surface area contributed by atoms with Crippen LogP contribution in [0.4, 0.5) is 0 Å². The Labute approximate surface area is 393 Å². The van der Waals surface area contributed by atoms with Gasteiger partial charge in [0.05, 0.1) is 11.9 Å². The van der Waals surface area contributed by atoms with Gasteiger partial charge in [0.25, 0.3) is 0 Å². The summed E-state index contributed by atoms with van der Waals surface area (Å²) in [7, 11) is 2.17. The molecule has 0 aliphatic rings.